The van der Waals surface area contributed by atoms with Crippen LogP contribution in [-0.2, 0) is 0 Å². The zero-order valence-electron chi connectivity index (χ0n) is 14.1. The molecule has 2 rings (SSSR count). The van der Waals surface area contributed by atoms with Crippen LogP contribution in [-0.4, -0.2) is 38.7 Å². The van der Waals surface area contributed by atoms with Crippen molar-refractivity contribution in [2.45, 2.75) is 70.6 Å². The van der Waals surface area contributed by atoms with Crippen molar-refractivity contribution in [3.05, 3.63) is 11.8 Å². The summed E-state index contributed by atoms with van der Waals surface area (Å²) < 4.78 is 0. The fourth-order valence-electron chi connectivity index (χ4n) is 2.69. The quantitative estimate of drug-likeness (QED) is 0.630. The number of aromatic nitrogens is 2. The molecule has 1 aliphatic carbocycles. The summed E-state index contributed by atoms with van der Waals surface area (Å²) in [6.45, 7) is 5.96. The predicted octanol–water partition coefficient (Wildman–Crippen LogP) is 1.89. The van der Waals surface area contributed by atoms with E-state index in [0.717, 1.165) is 32.1 Å². The van der Waals surface area contributed by atoms with E-state index in [-0.39, 0.29) is 23.2 Å². The lowest BCUT2D eigenvalue weighted by Gasteiger charge is -2.23. The van der Waals surface area contributed by atoms with Gasteiger partial charge in [-0.1, -0.05) is 0 Å². The van der Waals surface area contributed by atoms with Crippen molar-refractivity contribution in [2.24, 2.45) is 5.73 Å². The van der Waals surface area contributed by atoms with Gasteiger partial charge in [0.1, 0.15) is 5.82 Å². The Balaban J connectivity index is 2.16. The molecule has 0 radical (unpaired) electrons. The average Bonchev–Trinajstić information content (AvgIpc) is 2.62. The zero-order chi connectivity index (χ0) is 17.0. The lowest BCUT2D eigenvalue weighted by Crippen LogP contribution is -2.30. The van der Waals surface area contributed by atoms with Gasteiger partial charge in [0.05, 0.1) is 11.7 Å². The molecular formula is C16H27N5O2. The van der Waals surface area contributed by atoms with E-state index in [1.165, 1.54) is 6.20 Å². The molecule has 1 fully saturated rings. The second-order valence-electron chi connectivity index (χ2n) is 7.20. The highest BCUT2D eigenvalue weighted by atomic mass is 16.3. The lowest BCUT2D eigenvalue weighted by atomic mass is 10.1. The van der Waals surface area contributed by atoms with Crippen molar-refractivity contribution in [2.75, 3.05) is 10.6 Å². The Hall–Kier alpha value is -1.89. The molecule has 1 heterocycles. The Bertz CT molecular complexity index is 556. The smallest absolute Gasteiger partial charge is 0.254 e. The minimum absolute atomic E-state index is 0.210. The van der Waals surface area contributed by atoms with Gasteiger partial charge in [0, 0.05) is 17.8 Å². The molecule has 7 heteroatoms. The van der Waals surface area contributed by atoms with E-state index in [0.29, 0.717) is 11.8 Å². The molecule has 2 unspecified atom stereocenters. The van der Waals surface area contributed by atoms with Gasteiger partial charge in [0.15, 0.2) is 0 Å². The molecule has 0 aromatic carbocycles. The van der Waals surface area contributed by atoms with Gasteiger partial charge in [-0.3, -0.25) is 4.79 Å². The Morgan fingerprint density at radius 1 is 1.30 bits per heavy atom. The molecule has 128 valence electrons. The number of aliphatic hydroxyl groups excluding tert-OH is 1. The molecule has 1 aliphatic rings. The van der Waals surface area contributed by atoms with Crippen LogP contribution >= 0.6 is 0 Å². The maximum atomic E-state index is 11.5. The molecule has 1 saturated carbocycles. The minimum Gasteiger partial charge on any atom is -0.393 e. The predicted molar refractivity (Wildman–Crippen MR) is 90.4 cm³/mol. The number of carbonyl (C=O) groups excluding carboxylic acids is 1. The molecule has 0 bridgehead atoms. The number of amides is 1. The molecular weight excluding hydrogens is 294 g/mol. The van der Waals surface area contributed by atoms with Crippen LogP contribution in [0.2, 0.25) is 0 Å². The van der Waals surface area contributed by atoms with Gasteiger partial charge in [-0.2, -0.15) is 4.98 Å². The van der Waals surface area contributed by atoms with Gasteiger partial charge in [-0.05, 0) is 52.9 Å². The van der Waals surface area contributed by atoms with Crippen LogP contribution < -0.4 is 16.4 Å². The van der Waals surface area contributed by atoms with Gasteiger partial charge in [0.25, 0.3) is 5.91 Å². The number of nitrogens with two attached hydrogens (primary N) is 1. The monoisotopic (exact) mass is 321 g/mol. The first-order valence-electron chi connectivity index (χ1n) is 8.14. The number of nitrogens with one attached hydrogen (secondary N) is 2. The first-order chi connectivity index (χ1) is 10.7. The van der Waals surface area contributed by atoms with E-state index in [9.17, 15) is 9.90 Å². The van der Waals surface area contributed by atoms with E-state index in [4.69, 9.17) is 5.73 Å². The van der Waals surface area contributed by atoms with E-state index in [2.05, 4.69) is 20.6 Å². The van der Waals surface area contributed by atoms with Crippen LogP contribution in [0, 0.1) is 0 Å². The third-order valence-corrected chi connectivity index (χ3v) is 3.82. The van der Waals surface area contributed by atoms with E-state index in [1.54, 1.807) is 0 Å². The number of hydrogen-bond acceptors (Lipinski definition) is 6. The number of hydrogen-bond donors (Lipinski definition) is 4. The van der Waals surface area contributed by atoms with Crippen LogP contribution in [0.4, 0.5) is 11.8 Å². The van der Waals surface area contributed by atoms with Gasteiger partial charge in [-0.25, -0.2) is 4.98 Å². The van der Waals surface area contributed by atoms with Gasteiger partial charge in [-0.15, -0.1) is 0 Å². The summed E-state index contributed by atoms with van der Waals surface area (Å²) in [6, 6.07) is 0.231. The Kier molecular flexibility index (Phi) is 5.41. The number of primary amides is 1. The molecule has 1 amide bonds. The third kappa shape index (κ3) is 5.35. The number of rotatable bonds is 4. The van der Waals surface area contributed by atoms with Crippen molar-refractivity contribution in [3.8, 4) is 0 Å². The SMILES string of the molecule is CC(C)(C)Nc1nc(NC2CCCC(O)CC2)ncc1C(N)=O. The van der Waals surface area contributed by atoms with Crippen LogP contribution in [0.25, 0.3) is 0 Å². The van der Waals surface area contributed by atoms with E-state index in [1.807, 2.05) is 20.8 Å². The third-order valence-electron chi connectivity index (χ3n) is 3.82. The fourth-order valence-corrected chi connectivity index (χ4v) is 2.69. The molecule has 1 aromatic heterocycles. The fraction of sp³-hybridized carbons (Fsp3) is 0.688. The van der Waals surface area contributed by atoms with Crippen LogP contribution in [0.1, 0.15) is 63.2 Å². The second kappa shape index (κ2) is 7.12. The maximum Gasteiger partial charge on any atom is 0.254 e. The lowest BCUT2D eigenvalue weighted by molar-refractivity contribution is 0.100. The van der Waals surface area contributed by atoms with Gasteiger partial charge in [0.2, 0.25) is 5.95 Å². The summed E-state index contributed by atoms with van der Waals surface area (Å²) in [4.78, 5) is 20.2. The second-order valence-corrected chi connectivity index (χ2v) is 7.20. The van der Waals surface area contributed by atoms with Crippen molar-refractivity contribution in [1.82, 2.24) is 9.97 Å². The van der Waals surface area contributed by atoms with Crippen molar-refractivity contribution in [3.63, 3.8) is 0 Å². The highest BCUT2D eigenvalue weighted by molar-refractivity contribution is 5.97. The Labute approximate surface area is 137 Å². The minimum atomic E-state index is -0.555. The van der Waals surface area contributed by atoms with Crippen LogP contribution in [0.3, 0.4) is 0 Å². The number of carbonyl (C=O) groups is 1. The van der Waals surface area contributed by atoms with Crippen molar-refractivity contribution in [1.29, 1.82) is 0 Å². The van der Waals surface area contributed by atoms with E-state index >= 15 is 0 Å². The zero-order valence-corrected chi connectivity index (χ0v) is 14.1. The standard InChI is InChI=1S/C16H27N5O2/c1-16(2,3)21-14-12(13(17)23)9-18-15(20-14)19-10-5-4-6-11(22)8-7-10/h9-11,22H,4-8H2,1-3H3,(H2,17,23)(H2,18,19,20,21). The molecule has 5 N–H and O–H groups in total. The largest absolute Gasteiger partial charge is 0.393 e. The van der Waals surface area contributed by atoms with Crippen LogP contribution in [0.15, 0.2) is 6.20 Å². The summed E-state index contributed by atoms with van der Waals surface area (Å²) in [5, 5.41) is 16.2. The summed E-state index contributed by atoms with van der Waals surface area (Å²) in [6.07, 6.45) is 5.70. The molecule has 7 nitrogen and oxygen atoms in total. The Morgan fingerprint density at radius 3 is 2.70 bits per heavy atom. The van der Waals surface area contributed by atoms with E-state index < -0.39 is 5.91 Å². The summed E-state index contributed by atoms with van der Waals surface area (Å²) in [5.74, 6) is 0.361. The van der Waals surface area contributed by atoms with Gasteiger partial charge >= 0.3 is 0 Å². The number of nitrogens with zero attached hydrogens (tertiary/aromatic N) is 2. The summed E-state index contributed by atoms with van der Waals surface area (Å²) in [5.41, 5.74) is 5.43. The van der Waals surface area contributed by atoms with Gasteiger partial charge < -0.3 is 21.5 Å². The molecule has 23 heavy (non-hydrogen) atoms. The van der Waals surface area contributed by atoms with Crippen molar-refractivity contribution < 1.29 is 9.90 Å². The molecule has 2 atom stereocenters. The maximum absolute atomic E-state index is 11.5. The molecule has 0 aliphatic heterocycles. The van der Waals surface area contributed by atoms with Crippen LogP contribution in [0.5, 0.6) is 0 Å². The first-order valence-corrected chi connectivity index (χ1v) is 8.14. The molecule has 0 saturated heterocycles. The highest BCUT2D eigenvalue weighted by Gasteiger charge is 2.20. The average molecular weight is 321 g/mol. The number of aliphatic hydroxyl groups is 1. The normalized spacial score (nSPS) is 22.3. The topological polar surface area (TPSA) is 113 Å². The summed E-state index contributed by atoms with van der Waals surface area (Å²) >= 11 is 0. The summed E-state index contributed by atoms with van der Waals surface area (Å²) in [7, 11) is 0. The first kappa shape index (κ1) is 17.5. The molecule has 0 spiro atoms. The number of anilines is 2. The Morgan fingerprint density at radius 2 is 2.04 bits per heavy atom. The highest BCUT2D eigenvalue weighted by Crippen LogP contribution is 2.22. The molecule has 1 aromatic rings. The van der Waals surface area contributed by atoms with Crippen molar-refractivity contribution >= 4 is 17.7 Å².